The van der Waals surface area contributed by atoms with Crippen molar-refractivity contribution in [2.75, 3.05) is 24.5 Å². The minimum atomic E-state index is -1.21. The summed E-state index contributed by atoms with van der Waals surface area (Å²) in [7, 11) is 0. The fraction of sp³-hybridized carbons (Fsp3) is 0.400. The van der Waals surface area contributed by atoms with Crippen LogP contribution in [0, 0.1) is 0 Å². The number of carbonyl (C=O) groups excluding carboxylic acids is 3. The number of amides is 2. The average molecular weight is 454 g/mol. The summed E-state index contributed by atoms with van der Waals surface area (Å²) in [5.41, 5.74) is 4.79. The van der Waals surface area contributed by atoms with E-state index in [2.05, 4.69) is 0 Å². The topological polar surface area (TPSA) is 80.8 Å². The van der Waals surface area contributed by atoms with Crippen LogP contribution in [0.15, 0.2) is 36.4 Å². The monoisotopic (exact) mass is 453 g/mol. The van der Waals surface area contributed by atoms with Crippen LogP contribution < -0.4 is 10.0 Å². The second kappa shape index (κ2) is 9.74. The van der Waals surface area contributed by atoms with Gasteiger partial charge in [0.25, 0.3) is 0 Å². The molecule has 0 fully saturated rings. The first-order valence-electron chi connectivity index (χ1n) is 11.1. The number of carbonyl (C=O) groups is 3. The number of ketones is 1. The van der Waals surface area contributed by atoms with Crippen LogP contribution in [0.3, 0.4) is 0 Å². The third-order valence-electron chi connectivity index (χ3n) is 6.32. The molecular weight excluding hydrogens is 428 g/mol. The zero-order valence-electron chi connectivity index (χ0n) is 17.9. The number of hydrogen-bond acceptors (Lipinski definition) is 4. The van der Waals surface area contributed by atoms with Gasteiger partial charge in [0.1, 0.15) is 6.09 Å². The van der Waals surface area contributed by atoms with Crippen molar-refractivity contribution >= 4 is 35.1 Å². The van der Waals surface area contributed by atoms with Crippen molar-refractivity contribution in [1.82, 2.24) is 4.90 Å². The van der Waals surface area contributed by atoms with Gasteiger partial charge in [-0.1, -0.05) is 29.8 Å². The summed E-state index contributed by atoms with van der Waals surface area (Å²) < 4.78 is 0. The van der Waals surface area contributed by atoms with Gasteiger partial charge in [-0.25, -0.2) is 0 Å². The van der Waals surface area contributed by atoms with E-state index in [1.807, 2.05) is 35.2 Å². The highest BCUT2D eigenvalue weighted by Crippen LogP contribution is 2.37. The smallest absolute Gasteiger partial charge is 0.227 e. The number of Topliss-reactive ketones (excluding diaryl/α,β-unsaturated/α-hetero) is 1. The molecule has 2 aromatic carbocycles. The van der Waals surface area contributed by atoms with Gasteiger partial charge in [-0.05, 0) is 67.0 Å². The van der Waals surface area contributed by atoms with Gasteiger partial charge < -0.3 is 19.7 Å². The highest BCUT2D eigenvalue weighted by Gasteiger charge is 2.31. The summed E-state index contributed by atoms with van der Waals surface area (Å²) in [4.78, 5) is 39.4. The maximum absolute atomic E-state index is 12.8. The molecule has 0 saturated heterocycles. The van der Waals surface area contributed by atoms with E-state index in [0.29, 0.717) is 68.7 Å². The van der Waals surface area contributed by atoms with Crippen LogP contribution in [0.25, 0.3) is 0 Å². The van der Waals surface area contributed by atoms with Crippen molar-refractivity contribution in [1.29, 1.82) is 0 Å². The lowest BCUT2D eigenvalue weighted by atomic mass is 9.94. The second-order valence-electron chi connectivity index (χ2n) is 8.41. The SMILES string of the molecule is O=C(CCCCN(CCc1ccccc1Cl)C(=O)[O-])c1cc2c3c(c1)CCN3C(=O)CC2. The predicted octanol–water partition coefficient (Wildman–Crippen LogP) is 3.42. The zero-order chi connectivity index (χ0) is 22.7. The molecule has 0 spiro atoms. The number of unbranched alkanes of at least 4 members (excludes halogenated alkanes) is 1. The van der Waals surface area contributed by atoms with Gasteiger partial charge in [0.05, 0.1) is 5.69 Å². The van der Waals surface area contributed by atoms with E-state index in [1.54, 1.807) is 6.07 Å². The Labute approximate surface area is 192 Å². The molecule has 0 saturated carbocycles. The molecule has 0 aromatic heterocycles. The van der Waals surface area contributed by atoms with E-state index in [9.17, 15) is 19.5 Å². The lowest BCUT2D eigenvalue weighted by Gasteiger charge is -2.26. The Morgan fingerprint density at radius 3 is 2.53 bits per heavy atom. The molecule has 0 atom stereocenters. The van der Waals surface area contributed by atoms with E-state index < -0.39 is 6.09 Å². The first kappa shape index (κ1) is 22.3. The highest BCUT2D eigenvalue weighted by molar-refractivity contribution is 6.31. The molecule has 2 heterocycles. The number of benzene rings is 2. The lowest BCUT2D eigenvalue weighted by molar-refractivity contribution is -0.265. The van der Waals surface area contributed by atoms with Gasteiger partial charge in [-0.3, -0.25) is 9.59 Å². The molecule has 2 aliphatic rings. The quantitative estimate of drug-likeness (QED) is 0.430. The maximum atomic E-state index is 12.8. The summed E-state index contributed by atoms with van der Waals surface area (Å²) in [6.07, 6.45) is 2.84. The van der Waals surface area contributed by atoms with E-state index in [-0.39, 0.29) is 11.7 Å². The maximum Gasteiger partial charge on any atom is 0.227 e. The summed E-state index contributed by atoms with van der Waals surface area (Å²) in [6.45, 7) is 1.34. The Morgan fingerprint density at radius 1 is 1.03 bits per heavy atom. The fourth-order valence-electron chi connectivity index (χ4n) is 4.60. The molecule has 0 aliphatic carbocycles. The number of hydrogen-bond donors (Lipinski definition) is 0. The summed E-state index contributed by atoms with van der Waals surface area (Å²) in [6, 6.07) is 11.2. The van der Waals surface area contributed by atoms with Crippen molar-refractivity contribution in [2.24, 2.45) is 0 Å². The standard InChI is InChI=1S/C25H27ClN2O4/c26-21-6-2-1-5-17(21)10-13-27(25(31)32)12-4-3-7-22(29)20-15-18-8-9-23(30)28-14-11-19(16-20)24(18)28/h1-2,5-6,15-16H,3-4,7-14H2,(H,31,32)/p-1. The molecular formula is C25H26ClN2O4-. The third kappa shape index (κ3) is 4.80. The molecule has 2 aliphatic heterocycles. The van der Waals surface area contributed by atoms with Crippen molar-refractivity contribution < 1.29 is 19.5 Å². The molecule has 0 N–H and O–H groups in total. The van der Waals surface area contributed by atoms with Gasteiger partial charge in [-0.15, -0.1) is 0 Å². The molecule has 6 nitrogen and oxygen atoms in total. The lowest BCUT2D eigenvalue weighted by Crippen LogP contribution is -2.42. The van der Waals surface area contributed by atoms with Crippen LogP contribution in [0.1, 0.15) is 52.7 Å². The minimum absolute atomic E-state index is 0.0652. The predicted molar refractivity (Wildman–Crippen MR) is 121 cm³/mol. The highest BCUT2D eigenvalue weighted by atomic mass is 35.5. The van der Waals surface area contributed by atoms with Crippen molar-refractivity contribution in [3.8, 4) is 0 Å². The van der Waals surface area contributed by atoms with Crippen molar-refractivity contribution in [3.05, 3.63) is 63.7 Å². The number of nitrogens with zero attached hydrogens (tertiary/aromatic N) is 2. The van der Waals surface area contributed by atoms with E-state index >= 15 is 0 Å². The molecule has 4 rings (SSSR count). The van der Waals surface area contributed by atoms with Gasteiger partial charge in [0.2, 0.25) is 5.91 Å². The number of halogens is 1. The molecule has 2 amide bonds. The van der Waals surface area contributed by atoms with Crippen LogP contribution >= 0.6 is 11.6 Å². The van der Waals surface area contributed by atoms with Gasteiger partial charge in [-0.2, -0.15) is 0 Å². The minimum Gasteiger partial charge on any atom is -0.530 e. The average Bonchev–Trinajstić information content (AvgIpc) is 3.21. The Hall–Kier alpha value is -2.86. The zero-order valence-corrected chi connectivity index (χ0v) is 18.7. The van der Waals surface area contributed by atoms with Crippen LogP contribution in [0.4, 0.5) is 10.5 Å². The third-order valence-corrected chi connectivity index (χ3v) is 6.69. The molecule has 2 aromatic rings. The van der Waals surface area contributed by atoms with Crippen molar-refractivity contribution in [3.63, 3.8) is 0 Å². The van der Waals surface area contributed by atoms with E-state index in [4.69, 9.17) is 11.6 Å². The Morgan fingerprint density at radius 2 is 1.78 bits per heavy atom. The number of anilines is 1. The van der Waals surface area contributed by atoms with Crippen LogP contribution in [-0.2, 0) is 24.1 Å². The van der Waals surface area contributed by atoms with E-state index in [1.165, 1.54) is 4.90 Å². The number of rotatable bonds is 9. The number of carboxylic acid groups (broad SMARTS) is 1. The first-order valence-corrected chi connectivity index (χ1v) is 11.5. The van der Waals surface area contributed by atoms with Gasteiger partial charge >= 0.3 is 0 Å². The van der Waals surface area contributed by atoms with E-state index in [0.717, 1.165) is 28.8 Å². The Kier molecular flexibility index (Phi) is 6.80. The fourth-order valence-corrected chi connectivity index (χ4v) is 4.83. The van der Waals surface area contributed by atoms with Crippen LogP contribution in [0.2, 0.25) is 5.02 Å². The molecule has 0 radical (unpaired) electrons. The van der Waals surface area contributed by atoms with Crippen LogP contribution in [0.5, 0.6) is 0 Å². The van der Waals surface area contributed by atoms with Crippen molar-refractivity contribution in [2.45, 2.75) is 44.9 Å². The van der Waals surface area contributed by atoms with Gasteiger partial charge in [0, 0.05) is 43.1 Å². The number of aryl methyl sites for hydroxylation is 1. The second-order valence-corrected chi connectivity index (χ2v) is 8.82. The summed E-state index contributed by atoms with van der Waals surface area (Å²) in [5, 5.41) is 12.1. The summed E-state index contributed by atoms with van der Waals surface area (Å²) >= 11 is 6.14. The molecule has 32 heavy (non-hydrogen) atoms. The normalized spacial score (nSPS) is 14.4. The largest absolute Gasteiger partial charge is 0.530 e. The molecule has 0 bridgehead atoms. The molecule has 168 valence electrons. The first-order chi connectivity index (χ1) is 15.4. The summed E-state index contributed by atoms with van der Waals surface area (Å²) in [5.74, 6) is 0.234. The van der Waals surface area contributed by atoms with Gasteiger partial charge in [0.15, 0.2) is 5.78 Å². The Bertz CT molecular complexity index is 1050. The van der Waals surface area contributed by atoms with Crippen LogP contribution in [-0.4, -0.2) is 42.3 Å². The molecule has 7 heteroatoms. The molecule has 0 unspecified atom stereocenters. The Balaban J connectivity index is 1.29.